The van der Waals surface area contributed by atoms with Gasteiger partial charge in [-0.2, -0.15) is 0 Å². The standard InChI is InChI=1S/C22H16F2N2O3/c23-15-5-8-20(19(24)11-15)25-16-6-7-17-13(9-16)3-1-12-2-4-14(22(28)26-29)10-18(12)21(17)27/h2,4-11,25,29H,1,3H2,(H,26,28). The fraction of sp³-hybridized carbons (Fsp3) is 0.0909. The topological polar surface area (TPSA) is 78.4 Å². The van der Waals surface area contributed by atoms with E-state index in [1.807, 2.05) is 0 Å². The van der Waals surface area contributed by atoms with E-state index in [0.29, 0.717) is 29.7 Å². The van der Waals surface area contributed by atoms with Gasteiger partial charge in [-0.3, -0.25) is 14.8 Å². The number of rotatable bonds is 3. The summed E-state index contributed by atoms with van der Waals surface area (Å²) in [5, 5.41) is 11.7. The molecule has 1 aliphatic carbocycles. The van der Waals surface area contributed by atoms with Crippen molar-refractivity contribution in [3.8, 4) is 0 Å². The van der Waals surface area contributed by atoms with Crippen molar-refractivity contribution in [2.24, 2.45) is 0 Å². The van der Waals surface area contributed by atoms with E-state index < -0.39 is 17.5 Å². The van der Waals surface area contributed by atoms with E-state index in [4.69, 9.17) is 5.21 Å². The summed E-state index contributed by atoms with van der Waals surface area (Å²) in [6.45, 7) is 0. The van der Waals surface area contributed by atoms with Gasteiger partial charge in [0.25, 0.3) is 5.91 Å². The molecule has 7 heteroatoms. The summed E-state index contributed by atoms with van der Waals surface area (Å²) in [7, 11) is 0. The van der Waals surface area contributed by atoms with Gasteiger partial charge in [-0.1, -0.05) is 6.07 Å². The molecule has 1 aliphatic rings. The van der Waals surface area contributed by atoms with Crippen LogP contribution in [0.5, 0.6) is 0 Å². The third-order valence-electron chi connectivity index (χ3n) is 4.94. The van der Waals surface area contributed by atoms with Crippen LogP contribution in [0.15, 0.2) is 54.6 Å². The summed E-state index contributed by atoms with van der Waals surface area (Å²) in [5.41, 5.74) is 4.96. The van der Waals surface area contributed by atoms with Gasteiger partial charge in [0.05, 0.1) is 5.69 Å². The van der Waals surface area contributed by atoms with Crippen LogP contribution >= 0.6 is 0 Å². The molecular weight excluding hydrogens is 378 g/mol. The summed E-state index contributed by atoms with van der Waals surface area (Å²) in [5.74, 6) is -2.28. The maximum atomic E-state index is 13.9. The number of halogens is 2. The summed E-state index contributed by atoms with van der Waals surface area (Å²) >= 11 is 0. The zero-order chi connectivity index (χ0) is 20.5. The van der Waals surface area contributed by atoms with Crippen molar-refractivity contribution < 1.29 is 23.6 Å². The second-order valence-corrected chi connectivity index (χ2v) is 6.76. The van der Waals surface area contributed by atoms with Crippen LogP contribution in [0.25, 0.3) is 0 Å². The second kappa shape index (κ2) is 7.44. The normalized spacial score (nSPS) is 12.6. The molecule has 1 amide bonds. The lowest BCUT2D eigenvalue weighted by molar-refractivity contribution is 0.0706. The number of anilines is 2. The fourth-order valence-corrected chi connectivity index (χ4v) is 3.47. The van der Waals surface area contributed by atoms with Gasteiger partial charge >= 0.3 is 0 Å². The molecule has 4 rings (SSSR count). The molecule has 3 aromatic rings. The largest absolute Gasteiger partial charge is 0.353 e. The molecule has 0 saturated carbocycles. The Morgan fingerprint density at radius 1 is 0.897 bits per heavy atom. The van der Waals surface area contributed by atoms with Crippen LogP contribution in [0.1, 0.15) is 37.4 Å². The molecule has 0 spiro atoms. The van der Waals surface area contributed by atoms with Crippen molar-refractivity contribution in [3.63, 3.8) is 0 Å². The zero-order valence-electron chi connectivity index (χ0n) is 15.1. The Labute approximate surface area is 165 Å². The molecule has 0 fully saturated rings. The van der Waals surface area contributed by atoms with Gasteiger partial charge in [0, 0.05) is 28.4 Å². The van der Waals surface area contributed by atoms with Crippen molar-refractivity contribution in [3.05, 3.63) is 94.0 Å². The Morgan fingerprint density at radius 3 is 2.45 bits per heavy atom. The first kappa shape index (κ1) is 18.8. The molecule has 3 N–H and O–H groups in total. The van der Waals surface area contributed by atoms with Gasteiger partial charge in [0.15, 0.2) is 5.78 Å². The SMILES string of the molecule is O=C(NO)c1ccc2c(c1)C(=O)c1ccc(Nc3ccc(F)cc3F)cc1CC2. The van der Waals surface area contributed by atoms with Gasteiger partial charge in [-0.25, -0.2) is 14.3 Å². The van der Waals surface area contributed by atoms with E-state index in [1.54, 1.807) is 35.8 Å². The van der Waals surface area contributed by atoms with E-state index in [2.05, 4.69) is 5.32 Å². The number of benzene rings is 3. The first-order chi connectivity index (χ1) is 14.0. The highest BCUT2D eigenvalue weighted by atomic mass is 19.1. The number of fused-ring (bicyclic) bond motifs is 2. The smallest absolute Gasteiger partial charge is 0.274 e. The number of aryl methyl sites for hydroxylation is 2. The molecule has 0 radical (unpaired) electrons. The van der Waals surface area contributed by atoms with Crippen LogP contribution < -0.4 is 10.8 Å². The van der Waals surface area contributed by atoms with E-state index in [9.17, 15) is 18.4 Å². The predicted octanol–water partition coefficient (Wildman–Crippen LogP) is 4.16. The van der Waals surface area contributed by atoms with Crippen LogP contribution in [0.2, 0.25) is 0 Å². The fourth-order valence-electron chi connectivity index (χ4n) is 3.47. The van der Waals surface area contributed by atoms with Gasteiger partial charge < -0.3 is 5.32 Å². The third kappa shape index (κ3) is 3.60. The minimum Gasteiger partial charge on any atom is -0.353 e. The molecule has 5 nitrogen and oxygen atoms in total. The number of hydrogen-bond donors (Lipinski definition) is 3. The first-order valence-corrected chi connectivity index (χ1v) is 8.93. The monoisotopic (exact) mass is 394 g/mol. The number of carbonyl (C=O) groups excluding carboxylic acids is 2. The second-order valence-electron chi connectivity index (χ2n) is 6.76. The van der Waals surface area contributed by atoms with Crippen LogP contribution in [0.4, 0.5) is 20.2 Å². The molecule has 0 heterocycles. The predicted molar refractivity (Wildman–Crippen MR) is 103 cm³/mol. The molecule has 0 atom stereocenters. The van der Waals surface area contributed by atoms with Crippen LogP contribution in [0.3, 0.4) is 0 Å². The molecule has 29 heavy (non-hydrogen) atoms. The minimum absolute atomic E-state index is 0.134. The summed E-state index contributed by atoms with van der Waals surface area (Å²) in [6.07, 6.45) is 1.17. The number of hydroxylamine groups is 1. The lowest BCUT2D eigenvalue weighted by atomic mass is 9.96. The zero-order valence-corrected chi connectivity index (χ0v) is 15.1. The number of hydrogen-bond acceptors (Lipinski definition) is 4. The lowest BCUT2D eigenvalue weighted by Gasteiger charge is -2.11. The van der Waals surface area contributed by atoms with Crippen molar-refractivity contribution in [2.45, 2.75) is 12.8 Å². The Bertz CT molecular complexity index is 1140. The van der Waals surface area contributed by atoms with Gasteiger partial charge in [-0.15, -0.1) is 0 Å². The molecule has 0 aromatic heterocycles. The van der Waals surface area contributed by atoms with Crippen molar-refractivity contribution in [1.82, 2.24) is 5.48 Å². The summed E-state index contributed by atoms with van der Waals surface area (Å²) < 4.78 is 27.0. The van der Waals surface area contributed by atoms with E-state index >= 15 is 0 Å². The molecule has 3 aromatic carbocycles. The van der Waals surface area contributed by atoms with Gasteiger partial charge in [-0.05, 0) is 66.4 Å². The molecule has 0 aliphatic heterocycles. The van der Waals surface area contributed by atoms with Gasteiger partial charge in [0.1, 0.15) is 11.6 Å². The van der Waals surface area contributed by atoms with Crippen LogP contribution in [-0.4, -0.2) is 16.9 Å². The highest BCUT2D eigenvalue weighted by molar-refractivity contribution is 6.12. The van der Waals surface area contributed by atoms with Crippen molar-refractivity contribution in [1.29, 1.82) is 0 Å². The quantitative estimate of drug-likeness (QED) is 0.461. The molecule has 0 bridgehead atoms. The average Bonchev–Trinajstić information content (AvgIpc) is 2.86. The first-order valence-electron chi connectivity index (χ1n) is 8.93. The van der Waals surface area contributed by atoms with Crippen molar-refractivity contribution in [2.75, 3.05) is 5.32 Å². The highest BCUT2D eigenvalue weighted by Gasteiger charge is 2.23. The third-order valence-corrected chi connectivity index (χ3v) is 4.94. The van der Waals surface area contributed by atoms with Crippen molar-refractivity contribution >= 4 is 23.1 Å². The van der Waals surface area contributed by atoms with Gasteiger partial charge in [0.2, 0.25) is 0 Å². The summed E-state index contributed by atoms with van der Waals surface area (Å²) in [4.78, 5) is 24.7. The lowest BCUT2D eigenvalue weighted by Crippen LogP contribution is -2.19. The number of amides is 1. The van der Waals surface area contributed by atoms with Crippen LogP contribution in [0, 0.1) is 11.6 Å². The molecule has 0 saturated heterocycles. The number of nitrogens with one attached hydrogen (secondary N) is 2. The Kier molecular flexibility index (Phi) is 4.82. The molecule has 0 unspecified atom stereocenters. The maximum Gasteiger partial charge on any atom is 0.274 e. The van der Waals surface area contributed by atoms with E-state index in [1.165, 1.54) is 12.1 Å². The summed E-state index contributed by atoms with van der Waals surface area (Å²) in [6, 6.07) is 13.1. The van der Waals surface area contributed by atoms with Crippen LogP contribution in [-0.2, 0) is 12.8 Å². The van der Waals surface area contributed by atoms with E-state index in [0.717, 1.165) is 23.3 Å². The molecular formula is C22H16F2N2O3. The number of carbonyl (C=O) groups is 2. The Balaban J connectivity index is 1.67. The Morgan fingerprint density at radius 2 is 1.69 bits per heavy atom. The Hall–Kier alpha value is -3.58. The maximum absolute atomic E-state index is 13.9. The van der Waals surface area contributed by atoms with E-state index in [-0.39, 0.29) is 17.0 Å². The minimum atomic E-state index is -0.710. The average molecular weight is 394 g/mol. The number of ketones is 1. The molecule has 146 valence electrons. The highest BCUT2D eigenvalue weighted by Crippen LogP contribution is 2.29.